The lowest BCUT2D eigenvalue weighted by atomic mass is 10.2. The molecule has 2 atom stereocenters. The number of thiazole rings is 1. The predicted octanol–water partition coefficient (Wildman–Crippen LogP) is 2.76. The first-order chi connectivity index (χ1) is 7.00. The number of rotatable bonds is 3. The molecule has 3 nitrogen and oxygen atoms in total. The van der Waals surface area contributed by atoms with Crippen molar-refractivity contribution in [2.45, 2.75) is 39.0 Å². The molecule has 0 aliphatic heterocycles. The van der Waals surface area contributed by atoms with Crippen molar-refractivity contribution in [1.29, 1.82) is 0 Å². The zero-order valence-electron chi connectivity index (χ0n) is 9.15. The van der Waals surface area contributed by atoms with Crippen LogP contribution in [0.3, 0.4) is 0 Å². The lowest BCUT2D eigenvalue weighted by Crippen LogP contribution is -1.98. The Balaban J connectivity index is 2.20. The van der Waals surface area contributed by atoms with Crippen LogP contribution in [0.25, 0.3) is 0 Å². The molecule has 15 heavy (non-hydrogen) atoms. The molecule has 0 bridgehead atoms. The SMILES string of the molecule is Cc1nc(C(C)C)sc1C1CC1C(=O)O. The monoisotopic (exact) mass is 225 g/mol. The van der Waals surface area contributed by atoms with Crippen LogP contribution in [-0.4, -0.2) is 16.1 Å². The van der Waals surface area contributed by atoms with Gasteiger partial charge in [-0.05, 0) is 13.3 Å². The molecule has 0 radical (unpaired) electrons. The van der Waals surface area contributed by atoms with Gasteiger partial charge in [-0.1, -0.05) is 13.8 Å². The third kappa shape index (κ3) is 1.91. The molecular formula is C11H15NO2S. The Hall–Kier alpha value is -0.900. The molecule has 0 amide bonds. The predicted molar refractivity (Wildman–Crippen MR) is 59.4 cm³/mol. The van der Waals surface area contributed by atoms with Crippen LogP contribution in [-0.2, 0) is 4.79 Å². The summed E-state index contributed by atoms with van der Waals surface area (Å²) in [6.45, 7) is 6.21. The van der Waals surface area contributed by atoms with Crippen molar-refractivity contribution in [2.24, 2.45) is 5.92 Å². The summed E-state index contributed by atoms with van der Waals surface area (Å²) in [6.07, 6.45) is 0.788. The van der Waals surface area contributed by atoms with Gasteiger partial charge in [-0.3, -0.25) is 4.79 Å². The number of aromatic nitrogens is 1. The molecule has 1 heterocycles. The second kappa shape index (κ2) is 3.59. The maximum absolute atomic E-state index is 10.8. The highest BCUT2D eigenvalue weighted by molar-refractivity contribution is 7.12. The van der Waals surface area contributed by atoms with E-state index < -0.39 is 5.97 Å². The fourth-order valence-corrected chi connectivity index (χ4v) is 3.03. The van der Waals surface area contributed by atoms with Crippen molar-refractivity contribution in [3.63, 3.8) is 0 Å². The standard InChI is InChI=1S/C11H15NO2S/c1-5(2)10-12-6(3)9(15-10)7-4-8(7)11(13)14/h5,7-8H,4H2,1-3H3,(H,13,14). The zero-order valence-corrected chi connectivity index (χ0v) is 9.97. The van der Waals surface area contributed by atoms with Crippen molar-refractivity contribution in [3.05, 3.63) is 15.6 Å². The number of carbonyl (C=O) groups is 1. The molecule has 0 spiro atoms. The molecule has 1 fully saturated rings. The van der Waals surface area contributed by atoms with Gasteiger partial charge >= 0.3 is 5.97 Å². The fourth-order valence-electron chi connectivity index (χ4n) is 1.78. The van der Waals surface area contributed by atoms with Crippen LogP contribution in [0.5, 0.6) is 0 Å². The summed E-state index contributed by atoms with van der Waals surface area (Å²) in [5.74, 6) is -0.167. The van der Waals surface area contributed by atoms with E-state index in [2.05, 4.69) is 18.8 Å². The van der Waals surface area contributed by atoms with Crippen molar-refractivity contribution >= 4 is 17.3 Å². The molecule has 0 aromatic carbocycles. The van der Waals surface area contributed by atoms with Gasteiger partial charge in [0.25, 0.3) is 0 Å². The lowest BCUT2D eigenvalue weighted by molar-refractivity contribution is -0.138. The maximum atomic E-state index is 10.8. The number of nitrogens with zero attached hydrogens (tertiary/aromatic N) is 1. The van der Waals surface area contributed by atoms with Gasteiger partial charge in [0.2, 0.25) is 0 Å². The van der Waals surface area contributed by atoms with Crippen molar-refractivity contribution in [3.8, 4) is 0 Å². The minimum absolute atomic E-state index is 0.163. The zero-order chi connectivity index (χ0) is 11.2. The number of hydrogen-bond donors (Lipinski definition) is 1. The first-order valence-corrected chi connectivity index (χ1v) is 6.02. The molecule has 0 saturated heterocycles. The molecule has 2 unspecified atom stereocenters. The van der Waals surface area contributed by atoms with E-state index in [-0.39, 0.29) is 11.8 Å². The summed E-state index contributed by atoms with van der Waals surface area (Å²) in [6, 6.07) is 0. The Labute approximate surface area is 93.2 Å². The molecule has 82 valence electrons. The van der Waals surface area contributed by atoms with Crippen LogP contribution >= 0.6 is 11.3 Å². The number of aryl methyl sites for hydroxylation is 1. The Kier molecular flexibility index (Phi) is 2.54. The van der Waals surface area contributed by atoms with E-state index in [1.165, 1.54) is 4.88 Å². The fraction of sp³-hybridized carbons (Fsp3) is 0.636. The number of hydrogen-bond acceptors (Lipinski definition) is 3. The average molecular weight is 225 g/mol. The molecule has 1 aliphatic rings. The third-order valence-electron chi connectivity index (χ3n) is 2.79. The largest absolute Gasteiger partial charge is 0.481 e. The Morgan fingerprint density at radius 3 is 2.67 bits per heavy atom. The topological polar surface area (TPSA) is 50.2 Å². The minimum atomic E-state index is -0.668. The highest BCUT2D eigenvalue weighted by Gasteiger charge is 2.46. The van der Waals surface area contributed by atoms with Gasteiger partial charge < -0.3 is 5.11 Å². The first-order valence-electron chi connectivity index (χ1n) is 5.20. The van der Waals surface area contributed by atoms with Gasteiger partial charge in [-0.2, -0.15) is 0 Å². The normalized spacial score (nSPS) is 24.5. The summed E-state index contributed by atoms with van der Waals surface area (Å²) >= 11 is 1.68. The van der Waals surface area contributed by atoms with E-state index >= 15 is 0 Å². The summed E-state index contributed by atoms with van der Waals surface area (Å²) in [5.41, 5.74) is 1.03. The van der Waals surface area contributed by atoms with Crippen molar-refractivity contribution in [2.75, 3.05) is 0 Å². The van der Waals surface area contributed by atoms with E-state index in [1.54, 1.807) is 11.3 Å². The minimum Gasteiger partial charge on any atom is -0.481 e. The maximum Gasteiger partial charge on any atom is 0.307 e. The van der Waals surface area contributed by atoms with E-state index in [1.807, 2.05) is 6.92 Å². The van der Waals surface area contributed by atoms with Crippen LogP contribution in [0.4, 0.5) is 0 Å². The lowest BCUT2D eigenvalue weighted by Gasteiger charge is -1.95. The number of carboxylic acids is 1. The van der Waals surface area contributed by atoms with Crippen LogP contribution in [0.15, 0.2) is 0 Å². The van der Waals surface area contributed by atoms with Gasteiger partial charge in [0.15, 0.2) is 0 Å². The van der Waals surface area contributed by atoms with E-state index in [0.29, 0.717) is 5.92 Å². The second-order valence-electron chi connectivity index (χ2n) is 4.44. The molecule has 1 N–H and O–H groups in total. The highest BCUT2D eigenvalue weighted by Crippen LogP contribution is 2.50. The van der Waals surface area contributed by atoms with E-state index in [9.17, 15) is 4.79 Å². The van der Waals surface area contributed by atoms with Gasteiger partial charge in [0, 0.05) is 16.7 Å². The molecule has 2 rings (SSSR count). The quantitative estimate of drug-likeness (QED) is 0.860. The van der Waals surface area contributed by atoms with Gasteiger partial charge in [-0.25, -0.2) is 4.98 Å². The third-order valence-corrected chi connectivity index (χ3v) is 4.38. The molecule has 1 aromatic heterocycles. The highest BCUT2D eigenvalue weighted by atomic mass is 32.1. The number of carboxylic acid groups (broad SMARTS) is 1. The van der Waals surface area contributed by atoms with E-state index in [4.69, 9.17) is 5.11 Å². The number of aliphatic carboxylic acids is 1. The van der Waals surface area contributed by atoms with Crippen molar-refractivity contribution < 1.29 is 9.90 Å². The van der Waals surface area contributed by atoms with Crippen LogP contribution in [0, 0.1) is 12.8 Å². The van der Waals surface area contributed by atoms with Crippen LogP contribution in [0.1, 0.15) is 47.7 Å². The summed E-state index contributed by atoms with van der Waals surface area (Å²) < 4.78 is 0. The molecular weight excluding hydrogens is 210 g/mol. The van der Waals surface area contributed by atoms with Gasteiger partial charge in [0.05, 0.1) is 16.6 Å². The molecule has 1 aliphatic carbocycles. The molecule has 4 heteroatoms. The Morgan fingerprint density at radius 1 is 1.60 bits per heavy atom. The van der Waals surface area contributed by atoms with Crippen LogP contribution < -0.4 is 0 Å². The van der Waals surface area contributed by atoms with E-state index in [0.717, 1.165) is 17.1 Å². The van der Waals surface area contributed by atoms with Crippen LogP contribution in [0.2, 0.25) is 0 Å². The average Bonchev–Trinajstić information content (AvgIpc) is 2.84. The van der Waals surface area contributed by atoms with Gasteiger partial charge in [0.1, 0.15) is 0 Å². The summed E-state index contributed by atoms with van der Waals surface area (Å²) in [7, 11) is 0. The van der Waals surface area contributed by atoms with Crippen molar-refractivity contribution in [1.82, 2.24) is 4.98 Å². The summed E-state index contributed by atoms with van der Waals surface area (Å²) in [4.78, 5) is 16.5. The molecule has 1 saturated carbocycles. The smallest absolute Gasteiger partial charge is 0.307 e. The Morgan fingerprint density at radius 2 is 2.27 bits per heavy atom. The summed E-state index contributed by atoms with van der Waals surface area (Å²) in [5, 5.41) is 10.00. The second-order valence-corrected chi connectivity index (χ2v) is 5.51. The Bertz CT molecular complexity index is 397. The van der Waals surface area contributed by atoms with Gasteiger partial charge in [-0.15, -0.1) is 11.3 Å². The first kappa shape index (κ1) is 10.6. The molecule has 1 aromatic rings.